The number of aryl methyl sites for hydroxylation is 2. The molecule has 0 saturated carbocycles. The minimum atomic E-state index is -0.866. The number of nitrogens with two attached hydrogens (primary N) is 1. The highest BCUT2D eigenvalue weighted by molar-refractivity contribution is 5.23. The molecule has 0 fully saturated rings. The van der Waals surface area contributed by atoms with Gasteiger partial charge in [0.2, 0.25) is 0 Å². The second-order valence-corrected chi connectivity index (χ2v) is 7.57. The van der Waals surface area contributed by atoms with Crippen molar-refractivity contribution in [3.05, 3.63) is 35.4 Å². The van der Waals surface area contributed by atoms with E-state index < -0.39 is 5.54 Å². The second kappa shape index (κ2) is 13.3. The Kier molecular flexibility index (Phi) is 11.8. The number of aliphatic hydroxyl groups is 2. The molecular weight excluding hydrogens is 310 g/mol. The molecule has 0 aliphatic rings. The van der Waals surface area contributed by atoms with Crippen LogP contribution in [0, 0.1) is 0 Å². The van der Waals surface area contributed by atoms with Crippen LogP contribution in [0.2, 0.25) is 0 Å². The number of aliphatic hydroxyl groups excluding tert-OH is 2. The highest BCUT2D eigenvalue weighted by Gasteiger charge is 2.22. The Hall–Kier alpha value is -0.900. The van der Waals surface area contributed by atoms with Gasteiger partial charge < -0.3 is 15.9 Å². The fourth-order valence-corrected chi connectivity index (χ4v) is 3.11. The number of unbranched alkanes of at least 4 members (excludes halogenated alkanes) is 8. The van der Waals surface area contributed by atoms with Crippen LogP contribution in [0.5, 0.6) is 0 Å². The minimum absolute atomic E-state index is 0.180. The lowest BCUT2D eigenvalue weighted by Gasteiger charge is -2.24. The lowest BCUT2D eigenvalue weighted by atomic mass is 9.93. The van der Waals surface area contributed by atoms with Crippen molar-refractivity contribution in [2.75, 3.05) is 13.2 Å². The minimum Gasteiger partial charge on any atom is -0.394 e. The van der Waals surface area contributed by atoms with Crippen LogP contribution in [0.3, 0.4) is 0 Å². The summed E-state index contributed by atoms with van der Waals surface area (Å²) >= 11 is 0. The van der Waals surface area contributed by atoms with Gasteiger partial charge >= 0.3 is 0 Å². The number of hydrogen-bond donors (Lipinski definition) is 3. The van der Waals surface area contributed by atoms with Crippen molar-refractivity contribution in [3.8, 4) is 0 Å². The number of hydrogen-bond acceptors (Lipinski definition) is 3. The predicted molar refractivity (Wildman–Crippen MR) is 107 cm³/mol. The van der Waals surface area contributed by atoms with Gasteiger partial charge in [-0.1, -0.05) is 82.6 Å². The maximum atomic E-state index is 9.23. The first kappa shape index (κ1) is 22.1. The maximum absolute atomic E-state index is 9.23. The standard InChI is InChI=1S/C22H39NO2/c1-2-3-4-5-6-7-8-9-10-11-20-12-14-21(15-13-20)16-17-22(23,18-24)19-25/h12-15,24-25H,2-11,16-19,23H2,1H3. The molecule has 0 bridgehead atoms. The van der Waals surface area contributed by atoms with Gasteiger partial charge in [-0.15, -0.1) is 0 Å². The van der Waals surface area contributed by atoms with E-state index in [2.05, 4.69) is 31.2 Å². The van der Waals surface area contributed by atoms with E-state index in [1.54, 1.807) is 0 Å². The van der Waals surface area contributed by atoms with Crippen LogP contribution in [0.4, 0.5) is 0 Å². The summed E-state index contributed by atoms with van der Waals surface area (Å²) in [5, 5.41) is 18.5. The van der Waals surface area contributed by atoms with Gasteiger partial charge in [0.15, 0.2) is 0 Å². The molecule has 0 atom stereocenters. The molecular formula is C22H39NO2. The van der Waals surface area contributed by atoms with Crippen LogP contribution in [0.1, 0.15) is 82.3 Å². The average Bonchev–Trinajstić information content (AvgIpc) is 2.65. The van der Waals surface area contributed by atoms with Crippen molar-refractivity contribution in [1.29, 1.82) is 0 Å². The van der Waals surface area contributed by atoms with E-state index in [-0.39, 0.29) is 13.2 Å². The van der Waals surface area contributed by atoms with E-state index in [1.807, 2.05) is 0 Å². The molecule has 4 N–H and O–H groups in total. The highest BCUT2D eigenvalue weighted by Crippen LogP contribution is 2.15. The second-order valence-electron chi connectivity index (χ2n) is 7.57. The van der Waals surface area contributed by atoms with Gasteiger partial charge in [-0.25, -0.2) is 0 Å². The Morgan fingerprint density at radius 2 is 1.16 bits per heavy atom. The molecule has 0 amide bonds. The van der Waals surface area contributed by atoms with Crippen molar-refractivity contribution in [1.82, 2.24) is 0 Å². The van der Waals surface area contributed by atoms with Gasteiger partial charge in [0.25, 0.3) is 0 Å². The van der Waals surface area contributed by atoms with Crippen molar-refractivity contribution in [2.24, 2.45) is 5.73 Å². The van der Waals surface area contributed by atoms with Crippen LogP contribution in [-0.4, -0.2) is 29.0 Å². The van der Waals surface area contributed by atoms with E-state index in [4.69, 9.17) is 5.73 Å². The molecule has 144 valence electrons. The van der Waals surface area contributed by atoms with Gasteiger partial charge in [-0.2, -0.15) is 0 Å². The molecule has 0 aliphatic carbocycles. The number of benzene rings is 1. The van der Waals surface area contributed by atoms with Crippen molar-refractivity contribution in [3.63, 3.8) is 0 Å². The molecule has 25 heavy (non-hydrogen) atoms. The molecule has 1 aromatic rings. The zero-order chi connectivity index (χ0) is 18.4. The molecule has 1 rings (SSSR count). The van der Waals surface area contributed by atoms with Crippen molar-refractivity contribution >= 4 is 0 Å². The lowest BCUT2D eigenvalue weighted by molar-refractivity contribution is 0.115. The van der Waals surface area contributed by atoms with Crippen molar-refractivity contribution < 1.29 is 10.2 Å². The summed E-state index contributed by atoms with van der Waals surface area (Å²) in [6.45, 7) is 1.91. The Morgan fingerprint density at radius 1 is 0.720 bits per heavy atom. The van der Waals surface area contributed by atoms with Crippen LogP contribution in [-0.2, 0) is 12.8 Å². The summed E-state index contributed by atoms with van der Waals surface area (Å²) < 4.78 is 0. The smallest absolute Gasteiger partial charge is 0.0633 e. The summed E-state index contributed by atoms with van der Waals surface area (Å²) in [5.74, 6) is 0. The monoisotopic (exact) mass is 349 g/mol. The van der Waals surface area contributed by atoms with Crippen LogP contribution in [0.15, 0.2) is 24.3 Å². The SMILES string of the molecule is CCCCCCCCCCCc1ccc(CCC(N)(CO)CO)cc1. The third-order valence-electron chi connectivity index (χ3n) is 5.13. The maximum Gasteiger partial charge on any atom is 0.0633 e. The van der Waals surface area contributed by atoms with Gasteiger partial charge in [0, 0.05) is 0 Å². The fourth-order valence-electron chi connectivity index (χ4n) is 3.11. The average molecular weight is 350 g/mol. The molecule has 0 saturated heterocycles. The fraction of sp³-hybridized carbons (Fsp3) is 0.727. The lowest BCUT2D eigenvalue weighted by Crippen LogP contribution is -2.47. The van der Waals surface area contributed by atoms with Crippen LogP contribution in [0.25, 0.3) is 0 Å². The zero-order valence-electron chi connectivity index (χ0n) is 16.2. The van der Waals surface area contributed by atoms with E-state index in [9.17, 15) is 10.2 Å². The topological polar surface area (TPSA) is 66.5 Å². The first-order chi connectivity index (χ1) is 12.1. The van der Waals surface area contributed by atoms with Gasteiger partial charge in [-0.3, -0.25) is 0 Å². The van der Waals surface area contributed by atoms with Crippen LogP contribution < -0.4 is 5.73 Å². The zero-order valence-corrected chi connectivity index (χ0v) is 16.2. The van der Waals surface area contributed by atoms with Crippen LogP contribution >= 0.6 is 0 Å². The van der Waals surface area contributed by atoms with Gasteiger partial charge in [-0.05, 0) is 36.8 Å². The molecule has 0 radical (unpaired) electrons. The Bertz CT molecular complexity index is 426. The molecule has 3 heteroatoms. The third-order valence-corrected chi connectivity index (χ3v) is 5.13. The van der Waals surface area contributed by atoms with E-state index in [1.165, 1.54) is 68.9 Å². The summed E-state index contributed by atoms with van der Waals surface area (Å²) in [6, 6.07) is 8.71. The van der Waals surface area contributed by atoms with Gasteiger partial charge in [0.05, 0.1) is 18.8 Å². The largest absolute Gasteiger partial charge is 0.394 e. The van der Waals surface area contributed by atoms with E-state index in [0.29, 0.717) is 6.42 Å². The summed E-state index contributed by atoms with van der Waals surface area (Å²) in [4.78, 5) is 0. The quantitative estimate of drug-likeness (QED) is 0.412. The first-order valence-electron chi connectivity index (χ1n) is 10.2. The molecule has 0 spiro atoms. The molecule has 1 aromatic carbocycles. The van der Waals surface area contributed by atoms with E-state index >= 15 is 0 Å². The van der Waals surface area contributed by atoms with Gasteiger partial charge in [0.1, 0.15) is 0 Å². The van der Waals surface area contributed by atoms with Crippen molar-refractivity contribution in [2.45, 2.75) is 89.5 Å². The Balaban J connectivity index is 2.14. The number of rotatable bonds is 15. The Morgan fingerprint density at radius 3 is 1.64 bits per heavy atom. The van der Waals surface area contributed by atoms with E-state index in [0.717, 1.165) is 12.8 Å². The summed E-state index contributed by atoms with van der Waals surface area (Å²) in [5.41, 5.74) is 7.66. The molecule has 0 aromatic heterocycles. The third kappa shape index (κ3) is 9.98. The predicted octanol–water partition coefficient (Wildman–Crippen LogP) is 4.37. The first-order valence-corrected chi connectivity index (χ1v) is 10.2. The Labute approximate surface area is 154 Å². The highest BCUT2D eigenvalue weighted by atomic mass is 16.3. The summed E-state index contributed by atoms with van der Waals surface area (Å²) in [6.07, 6.45) is 14.8. The molecule has 0 unspecified atom stereocenters. The molecule has 0 heterocycles. The summed E-state index contributed by atoms with van der Waals surface area (Å²) in [7, 11) is 0. The molecule has 0 aliphatic heterocycles. The normalized spacial score (nSPS) is 11.8. The molecule has 3 nitrogen and oxygen atoms in total.